The van der Waals surface area contributed by atoms with Gasteiger partial charge in [0.25, 0.3) is 0 Å². The SMILES string of the molecule is O=C(NCc1ccc(C(F)(F)F)cc1)[C@H]1C[C@H](F)CN1OC(=O)C(F)(F)F. The van der Waals surface area contributed by atoms with Crippen molar-refractivity contribution in [2.75, 3.05) is 6.54 Å². The van der Waals surface area contributed by atoms with Gasteiger partial charge >= 0.3 is 18.3 Å². The standard InChI is InChI=1S/C15H13F7N2O3/c16-10-5-11(24(7-10)27-13(26)15(20,21)22)12(25)23-6-8-1-3-9(4-2-8)14(17,18)19/h1-4,10-11H,5-7H2,(H,23,25)/t10-,11+/m0/s1. The molecule has 0 spiro atoms. The van der Waals surface area contributed by atoms with Crippen molar-refractivity contribution in [1.82, 2.24) is 10.4 Å². The van der Waals surface area contributed by atoms with E-state index in [9.17, 15) is 40.3 Å². The lowest BCUT2D eigenvalue weighted by Crippen LogP contribution is -2.45. The minimum absolute atomic E-state index is 0.245. The van der Waals surface area contributed by atoms with Crippen molar-refractivity contribution in [2.24, 2.45) is 0 Å². The highest BCUT2D eigenvalue weighted by atomic mass is 19.4. The molecular formula is C15H13F7N2O3. The van der Waals surface area contributed by atoms with Gasteiger partial charge in [0.1, 0.15) is 12.2 Å². The number of nitrogens with one attached hydrogen (secondary N) is 1. The number of hydrogen-bond donors (Lipinski definition) is 1. The van der Waals surface area contributed by atoms with E-state index in [-0.39, 0.29) is 12.1 Å². The van der Waals surface area contributed by atoms with Crippen molar-refractivity contribution < 1.29 is 45.2 Å². The number of carbonyl (C=O) groups excluding carboxylic acids is 2. The molecule has 5 nitrogen and oxygen atoms in total. The second-order valence-corrected chi connectivity index (χ2v) is 5.74. The van der Waals surface area contributed by atoms with Gasteiger partial charge in [-0.2, -0.15) is 26.3 Å². The van der Waals surface area contributed by atoms with Crippen LogP contribution >= 0.6 is 0 Å². The maximum absolute atomic E-state index is 13.4. The predicted molar refractivity (Wildman–Crippen MR) is 75.4 cm³/mol. The number of benzene rings is 1. The van der Waals surface area contributed by atoms with Crippen LogP contribution in [0.25, 0.3) is 0 Å². The summed E-state index contributed by atoms with van der Waals surface area (Å²) in [5.41, 5.74) is -0.608. The summed E-state index contributed by atoms with van der Waals surface area (Å²) >= 11 is 0. The van der Waals surface area contributed by atoms with Crippen LogP contribution in [0.15, 0.2) is 24.3 Å². The Morgan fingerprint density at radius 1 is 1.11 bits per heavy atom. The summed E-state index contributed by atoms with van der Waals surface area (Å²) in [7, 11) is 0. The van der Waals surface area contributed by atoms with E-state index in [2.05, 4.69) is 10.2 Å². The lowest BCUT2D eigenvalue weighted by molar-refractivity contribution is -0.240. The Hall–Kier alpha value is -2.37. The smallest absolute Gasteiger partial charge is 0.360 e. The average molecular weight is 402 g/mol. The third kappa shape index (κ3) is 5.55. The number of hydroxylamine groups is 2. The number of nitrogens with zero attached hydrogens (tertiary/aromatic N) is 1. The number of hydrogen-bond acceptors (Lipinski definition) is 4. The monoisotopic (exact) mass is 402 g/mol. The van der Waals surface area contributed by atoms with E-state index in [4.69, 9.17) is 0 Å². The first kappa shape index (κ1) is 20.9. The molecule has 1 heterocycles. The molecule has 1 aromatic rings. The van der Waals surface area contributed by atoms with Crippen LogP contribution in [-0.4, -0.2) is 41.9 Å². The quantitative estimate of drug-likeness (QED) is 0.788. The molecule has 0 radical (unpaired) electrons. The molecule has 2 atom stereocenters. The molecule has 1 aliphatic rings. The van der Waals surface area contributed by atoms with Crippen molar-refractivity contribution in [3.63, 3.8) is 0 Å². The first-order valence-electron chi connectivity index (χ1n) is 7.51. The van der Waals surface area contributed by atoms with Crippen LogP contribution < -0.4 is 5.32 Å². The minimum Gasteiger partial charge on any atom is -0.360 e. The molecule has 150 valence electrons. The van der Waals surface area contributed by atoms with Gasteiger partial charge in [0.05, 0.1) is 12.1 Å². The molecule has 1 aromatic carbocycles. The van der Waals surface area contributed by atoms with Gasteiger partial charge < -0.3 is 10.2 Å². The molecule has 0 bridgehead atoms. The average Bonchev–Trinajstić information content (AvgIpc) is 2.92. The topological polar surface area (TPSA) is 58.6 Å². The van der Waals surface area contributed by atoms with Crippen molar-refractivity contribution >= 4 is 11.9 Å². The molecule has 0 unspecified atom stereocenters. The summed E-state index contributed by atoms with van der Waals surface area (Å²) in [6, 6.07) is 2.33. The second kappa shape index (κ2) is 7.71. The van der Waals surface area contributed by atoms with Gasteiger partial charge in [0.2, 0.25) is 5.91 Å². The van der Waals surface area contributed by atoms with Crippen LogP contribution in [-0.2, 0) is 27.1 Å². The van der Waals surface area contributed by atoms with Crippen molar-refractivity contribution in [1.29, 1.82) is 0 Å². The minimum atomic E-state index is -5.31. The van der Waals surface area contributed by atoms with E-state index in [1.54, 1.807) is 0 Å². The largest absolute Gasteiger partial charge is 0.492 e. The normalized spacial score (nSPS) is 21.1. The van der Waals surface area contributed by atoms with Crippen LogP contribution in [0.5, 0.6) is 0 Å². The van der Waals surface area contributed by atoms with Crippen molar-refractivity contribution in [2.45, 2.75) is 37.5 Å². The third-order valence-corrected chi connectivity index (χ3v) is 3.69. The van der Waals surface area contributed by atoms with Gasteiger partial charge in [-0.25, -0.2) is 9.18 Å². The zero-order chi connectivity index (χ0) is 20.4. The summed E-state index contributed by atoms with van der Waals surface area (Å²) in [4.78, 5) is 26.9. The van der Waals surface area contributed by atoms with Gasteiger partial charge in [-0.1, -0.05) is 12.1 Å². The summed E-state index contributed by atoms with van der Waals surface area (Å²) in [5.74, 6) is -3.51. The van der Waals surface area contributed by atoms with Crippen LogP contribution in [0.4, 0.5) is 30.7 Å². The Morgan fingerprint density at radius 2 is 1.70 bits per heavy atom. The Bertz CT molecular complexity index is 688. The van der Waals surface area contributed by atoms with Gasteiger partial charge in [-0.3, -0.25) is 4.79 Å². The maximum Gasteiger partial charge on any atom is 0.492 e. The van der Waals surface area contributed by atoms with E-state index in [0.29, 0.717) is 5.06 Å². The van der Waals surface area contributed by atoms with E-state index < -0.39 is 55.0 Å². The summed E-state index contributed by atoms with van der Waals surface area (Å²) in [5, 5.41) is 2.57. The molecule has 0 saturated carbocycles. The first-order valence-corrected chi connectivity index (χ1v) is 7.51. The Morgan fingerprint density at radius 3 is 2.22 bits per heavy atom. The molecule has 1 fully saturated rings. The molecule has 12 heteroatoms. The highest BCUT2D eigenvalue weighted by Gasteiger charge is 2.47. The van der Waals surface area contributed by atoms with E-state index in [1.165, 1.54) is 0 Å². The molecule has 1 saturated heterocycles. The van der Waals surface area contributed by atoms with Crippen molar-refractivity contribution in [3.8, 4) is 0 Å². The van der Waals surface area contributed by atoms with Gasteiger partial charge in [0.15, 0.2) is 0 Å². The lowest BCUT2D eigenvalue weighted by Gasteiger charge is -2.22. The Balaban J connectivity index is 1.96. The maximum atomic E-state index is 13.4. The fourth-order valence-corrected chi connectivity index (χ4v) is 2.37. The van der Waals surface area contributed by atoms with Crippen molar-refractivity contribution in [3.05, 3.63) is 35.4 Å². The highest BCUT2D eigenvalue weighted by Crippen LogP contribution is 2.29. The summed E-state index contributed by atoms with van der Waals surface area (Å²) in [6.07, 6.45) is -12.0. The van der Waals surface area contributed by atoms with Gasteiger partial charge in [-0.15, -0.1) is 5.06 Å². The highest BCUT2D eigenvalue weighted by molar-refractivity contribution is 5.82. The lowest BCUT2D eigenvalue weighted by atomic mass is 10.1. The zero-order valence-corrected chi connectivity index (χ0v) is 13.4. The summed E-state index contributed by atoms with van der Waals surface area (Å²) in [6.45, 7) is -0.953. The first-order chi connectivity index (χ1) is 12.4. The third-order valence-electron chi connectivity index (χ3n) is 3.69. The molecular weight excluding hydrogens is 389 g/mol. The molecule has 1 N–H and O–H groups in total. The molecule has 2 rings (SSSR count). The number of alkyl halides is 7. The molecule has 0 aromatic heterocycles. The van der Waals surface area contributed by atoms with E-state index in [1.807, 2.05) is 0 Å². The number of amides is 1. The van der Waals surface area contributed by atoms with Gasteiger partial charge in [-0.05, 0) is 17.7 Å². The van der Waals surface area contributed by atoms with Crippen LogP contribution in [0, 0.1) is 0 Å². The van der Waals surface area contributed by atoms with E-state index in [0.717, 1.165) is 24.3 Å². The zero-order valence-electron chi connectivity index (χ0n) is 13.4. The molecule has 27 heavy (non-hydrogen) atoms. The van der Waals surface area contributed by atoms with E-state index >= 15 is 0 Å². The number of rotatable bonds is 4. The fourth-order valence-electron chi connectivity index (χ4n) is 2.37. The second-order valence-electron chi connectivity index (χ2n) is 5.74. The van der Waals surface area contributed by atoms with Gasteiger partial charge in [0, 0.05) is 13.0 Å². The van der Waals surface area contributed by atoms with Crippen LogP contribution in [0.2, 0.25) is 0 Å². The molecule has 1 amide bonds. The Kier molecular flexibility index (Phi) is 5.97. The number of halogens is 7. The molecule has 1 aliphatic heterocycles. The summed E-state index contributed by atoms with van der Waals surface area (Å²) < 4.78 is 87.6. The predicted octanol–water partition coefficient (Wildman–Crippen LogP) is 2.75. The van der Waals surface area contributed by atoms with Crippen LogP contribution in [0.3, 0.4) is 0 Å². The number of carbonyl (C=O) groups is 2. The Labute approximate surface area is 148 Å². The molecule has 0 aliphatic carbocycles. The fraction of sp³-hybridized carbons (Fsp3) is 0.467. The van der Waals surface area contributed by atoms with Crippen LogP contribution in [0.1, 0.15) is 17.5 Å².